The molecular formula is C19H20N4O2S2. The van der Waals surface area contributed by atoms with Crippen LogP contribution in [0.4, 0.5) is 0 Å². The van der Waals surface area contributed by atoms with Gasteiger partial charge in [0.05, 0.1) is 22.9 Å². The molecule has 1 amide bonds. The number of thioether (sulfide) groups is 1. The van der Waals surface area contributed by atoms with Crippen molar-refractivity contribution in [3.63, 3.8) is 0 Å². The van der Waals surface area contributed by atoms with E-state index in [0.717, 1.165) is 35.0 Å². The second-order valence-corrected chi connectivity index (χ2v) is 8.59. The molecule has 1 atom stereocenters. The minimum Gasteiger partial charge on any atom is -0.495 e. The third-order valence-electron chi connectivity index (χ3n) is 4.28. The summed E-state index contributed by atoms with van der Waals surface area (Å²) >= 11 is 3.01. The van der Waals surface area contributed by atoms with Crippen molar-refractivity contribution in [1.82, 2.24) is 20.1 Å². The number of ether oxygens (including phenoxy) is 1. The van der Waals surface area contributed by atoms with Crippen LogP contribution in [0, 0.1) is 0 Å². The molecule has 4 rings (SSSR count). The molecule has 1 aliphatic carbocycles. The standard InChI is InChI=1S/C19H20N4O2S2/c1-12(18(24)20-13-9-10-13)27-19-22-21-17(16-8-5-11-26-16)23(19)14-6-3-4-7-15(14)25-2/h3-8,11-13H,9-10H2,1-2H3,(H,20,24)/t12-/m0/s1. The van der Waals surface area contributed by atoms with Gasteiger partial charge in [-0.3, -0.25) is 9.36 Å². The zero-order valence-electron chi connectivity index (χ0n) is 15.1. The Hall–Kier alpha value is -2.32. The van der Waals surface area contributed by atoms with Crippen LogP contribution in [-0.4, -0.2) is 39.1 Å². The Labute approximate surface area is 166 Å². The van der Waals surface area contributed by atoms with E-state index in [2.05, 4.69) is 15.5 Å². The van der Waals surface area contributed by atoms with Crippen molar-refractivity contribution in [2.24, 2.45) is 0 Å². The van der Waals surface area contributed by atoms with Crippen LogP contribution < -0.4 is 10.1 Å². The zero-order valence-corrected chi connectivity index (χ0v) is 16.7. The first-order valence-corrected chi connectivity index (χ1v) is 10.5. The lowest BCUT2D eigenvalue weighted by molar-refractivity contribution is -0.120. The predicted octanol–water partition coefficient (Wildman–Crippen LogP) is 3.76. The van der Waals surface area contributed by atoms with Crippen LogP contribution in [0.2, 0.25) is 0 Å². The van der Waals surface area contributed by atoms with Crippen LogP contribution in [0.15, 0.2) is 46.9 Å². The number of aromatic nitrogens is 3. The van der Waals surface area contributed by atoms with Gasteiger partial charge in [-0.05, 0) is 43.3 Å². The Morgan fingerprint density at radius 2 is 2.11 bits per heavy atom. The average Bonchev–Trinajstić information content (AvgIpc) is 3.17. The molecule has 2 heterocycles. The van der Waals surface area contributed by atoms with Crippen molar-refractivity contribution >= 4 is 29.0 Å². The minimum atomic E-state index is -0.264. The summed E-state index contributed by atoms with van der Waals surface area (Å²) in [6.07, 6.45) is 2.14. The smallest absolute Gasteiger partial charge is 0.233 e. The maximum Gasteiger partial charge on any atom is 0.233 e. The second-order valence-electron chi connectivity index (χ2n) is 6.33. The first-order chi connectivity index (χ1) is 13.2. The normalized spacial score (nSPS) is 14.7. The van der Waals surface area contributed by atoms with E-state index in [1.807, 2.05) is 53.3 Å². The quantitative estimate of drug-likeness (QED) is 0.612. The fourth-order valence-electron chi connectivity index (χ4n) is 2.70. The van der Waals surface area contributed by atoms with Crippen molar-refractivity contribution in [1.29, 1.82) is 0 Å². The Morgan fingerprint density at radius 3 is 2.81 bits per heavy atom. The fraction of sp³-hybridized carbons (Fsp3) is 0.316. The number of nitrogens with zero attached hydrogens (tertiary/aromatic N) is 3. The maximum atomic E-state index is 12.4. The molecule has 0 aliphatic heterocycles. The number of methoxy groups -OCH3 is 1. The van der Waals surface area contributed by atoms with Crippen LogP contribution in [0.5, 0.6) is 5.75 Å². The molecule has 2 aromatic heterocycles. The maximum absolute atomic E-state index is 12.4. The van der Waals surface area contributed by atoms with E-state index >= 15 is 0 Å². The van der Waals surface area contributed by atoms with Crippen molar-refractivity contribution in [3.8, 4) is 22.1 Å². The highest BCUT2D eigenvalue weighted by Gasteiger charge is 2.28. The Bertz CT molecular complexity index is 935. The molecule has 1 N–H and O–H groups in total. The molecule has 0 spiro atoms. The van der Waals surface area contributed by atoms with Crippen LogP contribution in [-0.2, 0) is 4.79 Å². The van der Waals surface area contributed by atoms with Crippen LogP contribution in [0.1, 0.15) is 19.8 Å². The predicted molar refractivity (Wildman–Crippen MR) is 108 cm³/mol. The number of carbonyl (C=O) groups is 1. The Balaban J connectivity index is 1.72. The summed E-state index contributed by atoms with van der Waals surface area (Å²) in [5, 5.41) is 14.3. The van der Waals surface area contributed by atoms with Gasteiger partial charge in [0.1, 0.15) is 5.75 Å². The van der Waals surface area contributed by atoms with Gasteiger partial charge in [0.2, 0.25) is 5.91 Å². The van der Waals surface area contributed by atoms with Crippen molar-refractivity contribution in [2.45, 2.75) is 36.2 Å². The number of rotatable bonds is 7. The second kappa shape index (κ2) is 7.74. The number of carbonyl (C=O) groups excluding carboxylic acids is 1. The lowest BCUT2D eigenvalue weighted by Crippen LogP contribution is -2.32. The lowest BCUT2D eigenvalue weighted by atomic mass is 10.3. The fourth-order valence-corrected chi connectivity index (χ4v) is 4.27. The largest absolute Gasteiger partial charge is 0.495 e. The monoisotopic (exact) mass is 400 g/mol. The van der Waals surface area contributed by atoms with Gasteiger partial charge >= 0.3 is 0 Å². The molecule has 6 nitrogen and oxygen atoms in total. The van der Waals surface area contributed by atoms with Crippen LogP contribution in [0.25, 0.3) is 16.4 Å². The van der Waals surface area contributed by atoms with Gasteiger partial charge in [0.25, 0.3) is 0 Å². The van der Waals surface area contributed by atoms with Gasteiger partial charge in [0.15, 0.2) is 11.0 Å². The van der Waals surface area contributed by atoms with Gasteiger partial charge in [-0.1, -0.05) is 30.0 Å². The summed E-state index contributed by atoms with van der Waals surface area (Å²) in [5.74, 6) is 1.51. The highest BCUT2D eigenvalue weighted by Crippen LogP contribution is 2.35. The van der Waals surface area contributed by atoms with E-state index < -0.39 is 0 Å². The van der Waals surface area contributed by atoms with E-state index in [1.54, 1.807) is 18.4 Å². The Morgan fingerprint density at radius 1 is 1.30 bits per heavy atom. The summed E-state index contributed by atoms with van der Waals surface area (Å²) in [4.78, 5) is 13.4. The summed E-state index contributed by atoms with van der Waals surface area (Å²) in [6, 6.07) is 12.1. The van der Waals surface area contributed by atoms with E-state index in [-0.39, 0.29) is 11.2 Å². The molecule has 1 fully saturated rings. The number of hydrogen-bond acceptors (Lipinski definition) is 6. The van der Waals surface area contributed by atoms with Crippen LogP contribution >= 0.6 is 23.1 Å². The van der Waals surface area contributed by atoms with E-state index in [9.17, 15) is 4.79 Å². The molecule has 0 saturated heterocycles. The molecule has 0 bridgehead atoms. The van der Waals surface area contributed by atoms with E-state index in [4.69, 9.17) is 4.74 Å². The van der Waals surface area contributed by atoms with Gasteiger partial charge in [-0.25, -0.2) is 0 Å². The van der Waals surface area contributed by atoms with E-state index in [1.165, 1.54) is 11.8 Å². The topological polar surface area (TPSA) is 69.0 Å². The van der Waals surface area contributed by atoms with Crippen LogP contribution in [0.3, 0.4) is 0 Å². The van der Waals surface area contributed by atoms with Crippen molar-refractivity contribution in [3.05, 3.63) is 41.8 Å². The van der Waals surface area contributed by atoms with Crippen molar-refractivity contribution in [2.75, 3.05) is 7.11 Å². The SMILES string of the molecule is COc1ccccc1-n1c(S[C@@H](C)C(=O)NC2CC2)nnc1-c1cccs1. The Kier molecular flexibility index (Phi) is 5.18. The summed E-state index contributed by atoms with van der Waals surface area (Å²) in [5.41, 5.74) is 0.853. The molecule has 8 heteroatoms. The van der Waals surface area contributed by atoms with Gasteiger partial charge in [-0.2, -0.15) is 0 Å². The highest BCUT2D eigenvalue weighted by atomic mass is 32.2. The summed E-state index contributed by atoms with van der Waals surface area (Å²) in [6.45, 7) is 1.90. The number of amides is 1. The molecule has 3 aromatic rings. The highest BCUT2D eigenvalue weighted by molar-refractivity contribution is 8.00. The molecule has 1 aromatic carbocycles. The molecular weight excluding hydrogens is 380 g/mol. The number of thiophene rings is 1. The average molecular weight is 401 g/mol. The number of nitrogens with one attached hydrogen (secondary N) is 1. The molecule has 1 saturated carbocycles. The van der Waals surface area contributed by atoms with E-state index in [0.29, 0.717) is 11.2 Å². The molecule has 0 unspecified atom stereocenters. The molecule has 1 aliphatic rings. The van der Waals surface area contributed by atoms with Crippen molar-refractivity contribution < 1.29 is 9.53 Å². The minimum absolute atomic E-state index is 0.0368. The number of hydrogen-bond donors (Lipinski definition) is 1. The van der Waals surface area contributed by atoms with Gasteiger partial charge in [0, 0.05) is 6.04 Å². The summed E-state index contributed by atoms with van der Waals surface area (Å²) in [7, 11) is 1.65. The lowest BCUT2D eigenvalue weighted by Gasteiger charge is -2.15. The van der Waals surface area contributed by atoms with Gasteiger partial charge < -0.3 is 10.1 Å². The third-order valence-corrected chi connectivity index (χ3v) is 6.18. The molecule has 27 heavy (non-hydrogen) atoms. The zero-order chi connectivity index (χ0) is 18.8. The van der Waals surface area contributed by atoms with Gasteiger partial charge in [-0.15, -0.1) is 21.5 Å². The molecule has 0 radical (unpaired) electrons. The first kappa shape index (κ1) is 18.1. The summed E-state index contributed by atoms with van der Waals surface area (Å²) < 4.78 is 7.52. The third kappa shape index (κ3) is 3.86. The number of para-hydroxylation sites is 2. The number of benzene rings is 1. The first-order valence-electron chi connectivity index (χ1n) is 8.77. The molecule has 140 valence electrons.